The van der Waals surface area contributed by atoms with E-state index in [0.717, 1.165) is 33.7 Å². The van der Waals surface area contributed by atoms with Crippen LogP contribution in [0.4, 0.5) is 11.4 Å². The number of anilines is 2. The van der Waals surface area contributed by atoms with Crippen molar-refractivity contribution >= 4 is 33.7 Å². The maximum absolute atomic E-state index is 6.05. The summed E-state index contributed by atoms with van der Waals surface area (Å²) in [5.41, 5.74) is 9.07. The summed E-state index contributed by atoms with van der Waals surface area (Å²) in [6.45, 7) is 0.772. The van der Waals surface area contributed by atoms with Gasteiger partial charge in [-0.15, -0.1) is 0 Å². The van der Waals surface area contributed by atoms with Crippen LogP contribution in [0.1, 0.15) is 5.56 Å². The Balaban J connectivity index is 1.98. The quantitative estimate of drug-likeness (QED) is 0.740. The van der Waals surface area contributed by atoms with Crippen LogP contribution in [-0.2, 0) is 6.54 Å². The van der Waals surface area contributed by atoms with E-state index >= 15 is 0 Å². The van der Waals surface area contributed by atoms with Crippen molar-refractivity contribution < 1.29 is 0 Å². The molecule has 1 heterocycles. The minimum absolute atomic E-state index is 0.754. The zero-order chi connectivity index (χ0) is 14.8. The number of nitrogens with two attached hydrogens (primary N) is 1. The van der Waals surface area contributed by atoms with E-state index in [0.29, 0.717) is 0 Å². The van der Waals surface area contributed by atoms with Crippen LogP contribution in [0, 0.1) is 0 Å². The lowest BCUT2D eigenvalue weighted by Crippen LogP contribution is -2.16. The number of benzene rings is 2. The molecule has 0 unspecified atom stereocenters. The van der Waals surface area contributed by atoms with E-state index in [4.69, 9.17) is 17.3 Å². The summed E-state index contributed by atoms with van der Waals surface area (Å²) in [5.74, 6) is 0. The highest BCUT2D eigenvalue weighted by molar-refractivity contribution is 6.30. The van der Waals surface area contributed by atoms with Crippen LogP contribution < -0.4 is 10.6 Å². The first-order chi connectivity index (χ1) is 10.1. The Bertz CT molecular complexity index is 786. The minimum Gasteiger partial charge on any atom is -0.398 e. The van der Waals surface area contributed by atoms with Gasteiger partial charge in [0.25, 0.3) is 0 Å². The summed E-state index contributed by atoms with van der Waals surface area (Å²) in [7, 11) is 2.05. The van der Waals surface area contributed by atoms with Gasteiger partial charge in [0.15, 0.2) is 0 Å². The SMILES string of the molecule is CN(Cc1cccc(Cl)c1)c1ccc(N)c2ccncc12. The van der Waals surface area contributed by atoms with Crippen molar-refractivity contribution in [2.45, 2.75) is 6.54 Å². The minimum atomic E-state index is 0.754. The monoisotopic (exact) mass is 297 g/mol. The molecule has 0 aliphatic carbocycles. The molecule has 0 aliphatic rings. The third kappa shape index (κ3) is 2.78. The molecule has 0 aliphatic heterocycles. The van der Waals surface area contributed by atoms with E-state index in [1.165, 1.54) is 5.56 Å². The molecule has 0 saturated heterocycles. The molecule has 4 heteroatoms. The van der Waals surface area contributed by atoms with Gasteiger partial charge in [0.05, 0.1) is 0 Å². The van der Waals surface area contributed by atoms with E-state index in [9.17, 15) is 0 Å². The topological polar surface area (TPSA) is 42.1 Å². The predicted octanol–water partition coefficient (Wildman–Crippen LogP) is 4.11. The molecule has 0 atom stereocenters. The van der Waals surface area contributed by atoms with Crippen LogP contribution in [0.15, 0.2) is 54.9 Å². The molecule has 1 aromatic heterocycles. The number of halogens is 1. The summed E-state index contributed by atoms with van der Waals surface area (Å²) in [6.07, 6.45) is 3.62. The number of nitrogens with zero attached hydrogens (tertiary/aromatic N) is 2. The molecule has 0 fully saturated rings. The van der Waals surface area contributed by atoms with Crippen LogP contribution in [0.25, 0.3) is 10.8 Å². The van der Waals surface area contributed by atoms with Crippen molar-refractivity contribution in [3.8, 4) is 0 Å². The molecule has 3 nitrogen and oxygen atoms in total. The number of aromatic nitrogens is 1. The summed E-state index contributed by atoms with van der Waals surface area (Å²) in [5, 5.41) is 2.84. The average molecular weight is 298 g/mol. The lowest BCUT2D eigenvalue weighted by Gasteiger charge is -2.22. The second-order valence-electron chi connectivity index (χ2n) is 5.08. The lowest BCUT2D eigenvalue weighted by atomic mass is 10.1. The maximum Gasteiger partial charge on any atom is 0.0463 e. The van der Waals surface area contributed by atoms with Gasteiger partial charge in [-0.1, -0.05) is 23.7 Å². The van der Waals surface area contributed by atoms with Gasteiger partial charge in [0.1, 0.15) is 0 Å². The van der Waals surface area contributed by atoms with Gasteiger partial charge < -0.3 is 10.6 Å². The Morgan fingerprint density at radius 1 is 1.14 bits per heavy atom. The van der Waals surface area contributed by atoms with Crippen molar-refractivity contribution in [2.24, 2.45) is 0 Å². The van der Waals surface area contributed by atoms with E-state index in [1.807, 2.05) is 42.6 Å². The average Bonchev–Trinajstić information content (AvgIpc) is 2.48. The highest BCUT2D eigenvalue weighted by Gasteiger charge is 2.09. The van der Waals surface area contributed by atoms with Crippen molar-refractivity contribution in [2.75, 3.05) is 17.7 Å². The number of hydrogen-bond acceptors (Lipinski definition) is 3. The van der Waals surface area contributed by atoms with E-state index in [-0.39, 0.29) is 0 Å². The van der Waals surface area contributed by atoms with E-state index < -0.39 is 0 Å². The molecule has 0 radical (unpaired) electrons. The van der Waals surface area contributed by atoms with Crippen LogP contribution in [0.2, 0.25) is 5.02 Å². The zero-order valence-corrected chi connectivity index (χ0v) is 12.5. The number of rotatable bonds is 3. The molecular weight excluding hydrogens is 282 g/mol. The Morgan fingerprint density at radius 3 is 2.81 bits per heavy atom. The van der Waals surface area contributed by atoms with Crippen molar-refractivity contribution in [3.05, 3.63) is 65.4 Å². The smallest absolute Gasteiger partial charge is 0.0463 e. The van der Waals surface area contributed by atoms with Crippen LogP contribution in [-0.4, -0.2) is 12.0 Å². The van der Waals surface area contributed by atoms with Crippen LogP contribution in [0.5, 0.6) is 0 Å². The molecule has 0 spiro atoms. The zero-order valence-electron chi connectivity index (χ0n) is 11.8. The van der Waals surface area contributed by atoms with Gasteiger partial charge in [0, 0.05) is 53.2 Å². The third-order valence-electron chi connectivity index (χ3n) is 3.55. The normalized spacial score (nSPS) is 10.8. The van der Waals surface area contributed by atoms with Crippen LogP contribution >= 0.6 is 11.6 Å². The second kappa shape index (κ2) is 5.62. The molecule has 106 valence electrons. The fourth-order valence-electron chi connectivity index (χ4n) is 2.53. The number of fused-ring (bicyclic) bond motifs is 1. The summed E-state index contributed by atoms with van der Waals surface area (Å²) < 4.78 is 0. The third-order valence-corrected chi connectivity index (χ3v) is 3.78. The molecule has 0 bridgehead atoms. The predicted molar refractivity (Wildman–Crippen MR) is 89.7 cm³/mol. The Morgan fingerprint density at radius 2 is 2.00 bits per heavy atom. The van der Waals surface area contributed by atoms with Gasteiger partial charge in [-0.3, -0.25) is 4.98 Å². The van der Waals surface area contributed by atoms with E-state index in [1.54, 1.807) is 6.20 Å². The molecule has 2 N–H and O–H groups in total. The molecule has 21 heavy (non-hydrogen) atoms. The fourth-order valence-corrected chi connectivity index (χ4v) is 2.74. The summed E-state index contributed by atoms with van der Waals surface area (Å²) in [6, 6.07) is 13.8. The summed E-state index contributed by atoms with van der Waals surface area (Å²) in [4.78, 5) is 6.39. The first-order valence-electron chi connectivity index (χ1n) is 6.73. The highest BCUT2D eigenvalue weighted by atomic mass is 35.5. The van der Waals surface area contributed by atoms with Crippen molar-refractivity contribution in [3.63, 3.8) is 0 Å². The lowest BCUT2D eigenvalue weighted by molar-refractivity contribution is 0.928. The number of pyridine rings is 1. The standard InChI is InChI=1S/C17H16ClN3/c1-21(11-12-3-2-4-13(18)9-12)17-6-5-16(19)14-7-8-20-10-15(14)17/h2-10H,11,19H2,1H3. The Labute approximate surface area is 129 Å². The second-order valence-corrected chi connectivity index (χ2v) is 5.52. The van der Waals surface area contributed by atoms with Crippen LogP contribution in [0.3, 0.4) is 0 Å². The highest BCUT2D eigenvalue weighted by Crippen LogP contribution is 2.30. The Hall–Kier alpha value is -2.26. The Kier molecular flexibility index (Phi) is 3.67. The number of nitrogen functional groups attached to an aromatic ring is 1. The van der Waals surface area contributed by atoms with Crippen molar-refractivity contribution in [1.82, 2.24) is 4.98 Å². The molecule has 0 amide bonds. The maximum atomic E-state index is 6.05. The van der Waals surface area contributed by atoms with Gasteiger partial charge in [-0.2, -0.15) is 0 Å². The van der Waals surface area contributed by atoms with Gasteiger partial charge >= 0.3 is 0 Å². The van der Waals surface area contributed by atoms with Gasteiger partial charge in [-0.05, 0) is 35.9 Å². The first kappa shape index (κ1) is 13.7. The summed E-state index contributed by atoms with van der Waals surface area (Å²) >= 11 is 6.05. The molecule has 0 saturated carbocycles. The largest absolute Gasteiger partial charge is 0.398 e. The van der Waals surface area contributed by atoms with E-state index in [2.05, 4.69) is 23.0 Å². The fraction of sp³-hybridized carbons (Fsp3) is 0.118. The molecular formula is C17H16ClN3. The molecule has 2 aromatic carbocycles. The van der Waals surface area contributed by atoms with Crippen molar-refractivity contribution in [1.29, 1.82) is 0 Å². The van der Waals surface area contributed by atoms with Gasteiger partial charge in [-0.25, -0.2) is 0 Å². The molecule has 3 rings (SSSR count). The van der Waals surface area contributed by atoms with Gasteiger partial charge in [0.2, 0.25) is 0 Å². The first-order valence-corrected chi connectivity index (χ1v) is 7.11. The molecule has 3 aromatic rings. The number of hydrogen-bond donors (Lipinski definition) is 1.